The second kappa shape index (κ2) is 7.62. The van der Waals surface area contributed by atoms with Crippen LogP contribution in [-0.2, 0) is 21.2 Å². The molecule has 0 amide bonds. The lowest BCUT2D eigenvalue weighted by Crippen LogP contribution is -2.12. The van der Waals surface area contributed by atoms with Crippen LogP contribution in [0.25, 0.3) is 10.9 Å². The monoisotopic (exact) mass is 407 g/mol. The lowest BCUT2D eigenvalue weighted by atomic mass is 10.1. The zero-order valence-corrected chi connectivity index (χ0v) is 16.4. The Hall–Kier alpha value is -2.51. The second-order valence-corrected chi connectivity index (χ2v) is 8.06. The van der Waals surface area contributed by atoms with E-state index in [-0.39, 0.29) is 9.92 Å². The van der Waals surface area contributed by atoms with E-state index in [2.05, 4.69) is 0 Å². The van der Waals surface area contributed by atoms with Gasteiger partial charge in [-0.15, -0.1) is 0 Å². The van der Waals surface area contributed by atoms with Gasteiger partial charge in [0.1, 0.15) is 17.8 Å². The summed E-state index contributed by atoms with van der Waals surface area (Å²) in [6.45, 7) is 0. The van der Waals surface area contributed by atoms with Gasteiger partial charge in [0.05, 0.1) is 29.7 Å². The molecule has 142 valence electrons. The first kappa shape index (κ1) is 19.3. The number of fused-ring (bicyclic) bond motifs is 1. The minimum absolute atomic E-state index is 0.0444. The van der Waals surface area contributed by atoms with Crippen molar-refractivity contribution in [3.63, 3.8) is 0 Å². The molecule has 0 fully saturated rings. The summed E-state index contributed by atoms with van der Waals surface area (Å²) >= 11 is 6.10. The number of methoxy groups -OCH3 is 2. The molecule has 0 radical (unpaired) electrons. The number of benzene rings is 2. The van der Waals surface area contributed by atoms with Gasteiger partial charge < -0.3 is 14.3 Å². The average molecular weight is 408 g/mol. The van der Waals surface area contributed by atoms with Crippen molar-refractivity contribution < 1.29 is 22.7 Å². The first-order chi connectivity index (χ1) is 12.9. The molecule has 0 atom stereocenters. The van der Waals surface area contributed by atoms with Gasteiger partial charge >= 0.3 is 0 Å². The Labute approximate surface area is 162 Å². The van der Waals surface area contributed by atoms with E-state index in [9.17, 15) is 13.2 Å². The molecule has 0 aliphatic heterocycles. The highest BCUT2D eigenvalue weighted by atomic mass is 35.5. The highest BCUT2D eigenvalue weighted by Crippen LogP contribution is 2.32. The first-order valence-electron chi connectivity index (χ1n) is 8.13. The van der Waals surface area contributed by atoms with E-state index in [1.807, 2.05) is 0 Å². The van der Waals surface area contributed by atoms with Crippen LogP contribution < -0.4 is 9.47 Å². The smallest absolute Gasteiger partial charge is 0.268 e. The summed E-state index contributed by atoms with van der Waals surface area (Å²) in [7, 11) is -0.888. The minimum Gasteiger partial charge on any atom is -0.497 e. The van der Waals surface area contributed by atoms with Crippen molar-refractivity contribution >= 4 is 38.8 Å². The molecule has 0 bridgehead atoms. The molecular weight excluding hydrogens is 390 g/mol. The van der Waals surface area contributed by atoms with Gasteiger partial charge in [-0.25, -0.2) is 12.4 Å². The van der Waals surface area contributed by atoms with Crippen LogP contribution in [0.5, 0.6) is 11.5 Å². The molecule has 1 heterocycles. The van der Waals surface area contributed by atoms with Gasteiger partial charge in [0.25, 0.3) is 10.0 Å². The summed E-state index contributed by atoms with van der Waals surface area (Å²) < 4.78 is 37.9. The number of carbonyl (C=O) groups is 1. The maximum Gasteiger partial charge on any atom is 0.268 e. The Kier molecular flexibility index (Phi) is 5.43. The normalized spacial score (nSPS) is 11.5. The predicted molar refractivity (Wildman–Crippen MR) is 103 cm³/mol. The number of ether oxygens (including phenoxy) is 2. The Morgan fingerprint density at radius 3 is 2.52 bits per heavy atom. The SMILES string of the molecule is COc1ccc2c(c1)c(CCC=O)cn2S(=O)(=O)c1ccc(OC)c(Cl)c1. The van der Waals surface area contributed by atoms with E-state index in [0.717, 1.165) is 17.2 Å². The number of carbonyl (C=O) groups excluding carboxylic acids is 1. The third kappa shape index (κ3) is 3.52. The van der Waals surface area contributed by atoms with E-state index in [0.29, 0.717) is 29.9 Å². The molecule has 0 unspecified atom stereocenters. The molecule has 27 heavy (non-hydrogen) atoms. The van der Waals surface area contributed by atoms with Crippen LogP contribution in [0.3, 0.4) is 0 Å². The maximum absolute atomic E-state index is 13.2. The molecule has 0 N–H and O–H groups in total. The molecule has 0 saturated heterocycles. The number of rotatable bonds is 7. The molecule has 8 heteroatoms. The van der Waals surface area contributed by atoms with Gasteiger partial charge in [0.2, 0.25) is 0 Å². The summed E-state index contributed by atoms with van der Waals surface area (Å²) in [6.07, 6.45) is 3.08. The van der Waals surface area contributed by atoms with Crippen LogP contribution in [0.15, 0.2) is 47.5 Å². The molecule has 1 aromatic heterocycles. The van der Waals surface area contributed by atoms with Gasteiger partial charge in [-0.2, -0.15) is 0 Å². The first-order valence-corrected chi connectivity index (χ1v) is 9.95. The number of halogens is 1. The van der Waals surface area contributed by atoms with Crippen molar-refractivity contribution in [1.82, 2.24) is 3.97 Å². The number of aryl methyl sites for hydroxylation is 1. The highest BCUT2D eigenvalue weighted by molar-refractivity contribution is 7.90. The standard InChI is InChI=1S/C19H18ClNO5S/c1-25-14-5-7-18-16(10-14)13(4-3-9-22)12-21(18)27(23,24)15-6-8-19(26-2)17(20)11-15/h5-12H,3-4H2,1-2H3. The second-order valence-electron chi connectivity index (χ2n) is 5.84. The Morgan fingerprint density at radius 1 is 1.11 bits per heavy atom. The van der Waals surface area contributed by atoms with Crippen LogP contribution in [0.4, 0.5) is 0 Å². The van der Waals surface area contributed by atoms with Gasteiger partial charge in [0.15, 0.2) is 0 Å². The fourth-order valence-electron chi connectivity index (χ4n) is 2.91. The number of aldehydes is 1. The Balaban J connectivity index is 2.20. The quantitative estimate of drug-likeness (QED) is 0.558. The number of hydrogen-bond acceptors (Lipinski definition) is 5. The molecule has 6 nitrogen and oxygen atoms in total. The zero-order valence-electron chi connectivity index (χ0n) is 14.8. The van der Waals surface area contributed by atoms with Crippen LogP contribution >= 0.6 is 11.6 Å². The molecular formula is C19H18ClNO5S. The molecule has 0 spiro atoms. The van der Waals surface area contributed by atoms with Crippen molar-refractivity contribution in [3.8, 4) is 11.5 Å². The molecule has 0 saturated carbocycles. The molecule has 3 aromatic rings. The zero-order chi connectivity index (χ0) is 19.6. The van der Waals surface area contributed by atoms with E-state index >= 15 is 0 Å². The van der Waals surface area contributed by atoms with Crippen molar-refractivity contribution in [1.29, 1.82) is 0 Å². The van der Waals surface area contributed by atoms with Crippen molar-refractivity contribution in [2.75, 3.05) is 14.2 Å². The van der Waals surface area contributed by atoms with E-state index < -0.39 is 10.0 Å². The molecule has 0 aliphatic rings. The lowest BCUT2D eigenvalue weighted by molar-refractivity contribution is -0.107. The van der Waals surface area contributed by atoms with Gasteiger partial charge in [-0.3, -0.25) is 0 Å². The number of aromatic nitrogens is 1. The van der Waals surface area contributed by atoms with Gasteiger partial charge in [-0.1, -0.05) is 11.6 Å². The lowest BCUT2D eigenvalue weighted by Gasteiger charge is -2.10. The summed E-state index contributed by atoms with van der Waals surface area (Å²) in [5, 5.41) is 0.928. The van der Waals surface area contributed by atoms with Crippen molar-refractivity contribution in [3.05, 3.63) is 53.2 Å². The van der Waals surface area contributed by atoms with E-state index in [1.165, 1.54) is 29.3 Å². The molecule has 0 aliphatic carbocycles. The van der Waals surface area contributed by atoms with E-state index in [4.69, 9.17) is 21.1 Å². The summed E-state index contributed by atoms with van der Waals surface area (Å²) in [5.41, 5.74) is 1.25. The van der Waals surface area contributed by atoms with Crippen LogP contribution in [0.1, 0.15) is 12.0 Å². The Bertz CT molecular complexity index is 1100. The fourth-order valence-corrected chi connectivity index (χ4v) is 4.65. The number of nitrogens with zero attached hydrogens (tertiary/aromatic N) is 1. The van der Waals surface area contributed by atoms with Crippen LogP contribution in [-0.4, -0.2) is 32.9 Å². The van der Waals surface area contributed by atoms with Crippen LogP contribution in [0, 0.1) is 0 Å². The molecule has 2 aromatic carbocycles. The van der Waals surface area contributed by atoms with Crippen LogP contribution in [0.2, 0.25) is 5.02 Å². The topological polar surface area (TPSA) is 74.6 Å². The van der Waals surface area contributed by atoms with Gasteiger partial charge in [0, 0.05) is 18.0 Å². The third-order valence-electron chi connectivity index (χ3n) is 4.27. The highest BCUT2D eigenvalue weighted by Gasteiger charge is 2.22. The maximum atomic E-state index is 13.2. The molecule has 3 rings (SSSR count). The minimum atomic E-state index is -3.89. The largest absolute Gasteiger partial charge is 0.497 e. The summed E-state index contributed by atoms with van der Waals surface area (Å²) in [5.74, 6) is 1.00. The Morgan fingerprint density at radius 2 is 1.89 bits per heavy atom. The van der Waals surface area contributed by atoms with E-state index in [1.54, 1.807) is 31.5 Å². The fraction of sp³-hybridized carbons (Fsp3) is 0.211. The average Bonchev–Trinajstić information content (AvgIpc) is 3.04. The number of hydrogen-bond donors (Lipinski definition) is 0. The summed E-state index contributed by atoms with van der Waals surface area (Å²) in [6, 6.07) is 9.45. The third-order valence-corrected chi connectivity index (χ3v) is 6.24. The predicted octanol–water partition coefficient (Wildman–Crippen LogP) is 3.68. The van der Waals surface area contributed by atoms with Crippen molar-refractivity contribution in [2.45, 2.75) is 17.7 Å². The van der Waals surface area contributed by atoms with Gasteiger partial charge in [-0.05, 0) is 48.4 Å². The summed E-state index contributed by atoms with van der Waals surface area (Å²) in [4.78, 5) is 10.8. The van der Waals surface area contributed by atoms with Crippen molar-refractivity contribution in [2.24, 2.45) is 0 Å².